The molecule has 1 rings (SSSR count). The van der Waals surface area contributed by atoms with Gasteiger partial charge in [-0.2, -0.15) is 0 Å². The summed E-state index contributed by atoms with van der Waals surface area (Å²) < 4.78 is 4.59. The average molecular weight is 255 g/mol. The SMILES string of the molecule is CC(OC(N)=O)c1ccc([N+](=O)[O-])cc1[N+](=O)[O-]. The number of ether oxygens (including phenoxy) is 1. The number of hydrogen-bond donors (Lipinski definition) is 1. The number of carbonyl (C=O) groups excluding carboxylic acids is 1. The van der Waals surface area contributed by atoms with Crippen molar-refractivity contribution in [3.8, 4) is 0 Å². The van der Waals surface area contributed by atoms with Crippen LogP contribution in [0.25, 0.3) is 0 Å². The van der Waals surface area contributed by atoms with Gasteiger partial charge in [0.15, 0.2) is 0 Å². The summed E-state index contributed by atoms with van der Waals surface area (Å²) in [5.74, 6) is 0. The lowest BCUT2D eigenvalue weighted by Gasteiger charge is -2.11. The van der Waals surface area contributed by atoms with Crippen molar-refractivity contribution in [2.24, 2.45) is 5.73 Å². The van der Waals surface area contributed by atoms with Crippen molar-refractivity contribution >= 4 is 17.5 Å². The average Bonchev–Trinajstić information content (AvgIpc) is 2.26. The van der Waals surface area contributed by atoms with Crippen molar-refractivity contribution in [2.45, 2.75) is 13.0 Å². The summed E-state index contributed by atoms with van der Waals surface area (Å²) in [6, 6.07) is 3.04. The summed E-state index contributed by atoms with van der Waals surface area (Å²) >= 11 is 0. The Morgan fingerprint density at radius 2 is 1.94 bits per heavy atom. The van der Waals surface area contributed by atoms with Crippen LogP contribution in [0.5, 0.6) is 0 Å². The van der Waals surface area contributed by atoms with Crippen LogP contribution in [0.3, 0.4) is 0 Å². The summed E-state index contributed by atoms with van der Waals surface area (Å²) in [6.07, 6.45) is -2.06. The Balaban J connectivity index is 3.23. The molecular formula is C9H9N3O6. The molecule has 0 saturated carbocycles. The monoisotopic (exact) mass is 255 g/mol. The van der Waals surface area contributed by atoms with Gasteiger partial charge in [0.2, 0.25) is 0 Å². The van der Waals surface area contributed by atoms with Gasteiger partial charge in [0.05, 0.1) is 21.5 Å². The second kappa shape index (κ2) is 5.08. The van der Waals surface area contributed by atoms with Crippen LogP contribution in [-0.4, -0.2) is 15.9 Å². The quantitative estimate of drug-likeness (QED) is 0.640. The highest BCUT2D eigenvalue weighted by Gasteiger charge is 2.24. The molecule has 1 amide bonds. The normalized spacial score (nSPS) is 11.6. The zero-order chi connectivity index (χ0) is 13.9. The third-order valence-electron chi connectivity index (χ3n) is 2.15. The van der Waals surface area contributed by atoms with E-state index in [-0.39, 0.29) is 5.56 Å². The van der Waals surface area contributed by atoms with Gasteiger partial charge in [-0.05, 0) is 13.0 Å². The van der Waals surface area contributed by atoms with Crippen molar-refractivity contribution in [2.75, 3.05) is 0 Å². The summed E-state index contributed by atoms with van der Waals surface area (Å²) in [5.41, 5.74) is 3.91. The maximum atomic E-state index is 10.8. The Morgan fingerprint density at radius 1 is 1.33 bits per heavy atom. The van der Waals surface area contributed by atoms with Gasteiger partial charge in [-0.1, -0.05) is 0 Å². The fourth-order valence-electron chi connectivity index (χ4n) is 1.39. The number of primary amides is 1. The zero-order valence-corrected chi connectivity index (χ0v) is 9.23. The fraction of sp³-hybridized carbons (Fsp3) is 0.222. The molecule has 0 aliphatic rings. The molecule has 1 aromatic carbocycles. The van der Waals surface area contributed by atoms with E-state index in [2.05, 4.69) is 4.74 Å². The predicted octanol–water partition coefficient (Wildman–Crippen LogP) is 1.66. The third-order valence-corrected chi connectivity index (χ3v) is 2.15. The van der Waals surface area contributed by atoms with E-state index < -0.39 is 33.4 Å². The van der Waals surface area contributed by atoms with Crippen LogP contribution in [0.4, 0.5) is 16.2 Å². The molecule has 2 N–H and O–H groups in total. The molecule has 1 aromatic rings. The van der Waals surface area contributed by atoms with Gasteiger partial charge >= 0.3 is 6.09 Å². The topological polar surface area (TPSA) is 139 Å². The van der Waals surface area contributed by atoms with E-state index in [1.807, 2.05) is 0 Å². The van der Waals surface area contributed by atoms with E-state index >= 15 is 0 Å². The van der Waals surface area contributed by atoms with Crippen LogP contribution in [0.2, 0.25) is 0 Å². The number of nitrogens with zero attached hydrogens (tertiary/aromatic N) is 2. The first-order valence-electron chi connectivity index (χ1n) is 4.71. The second-order valence-electron chi connectivity index (χ2n) is 3.34. The van der Waals surface area contributed by atoms with Crippen molar-refractivity contribution in [3.05, 3.63) is 44.0 Å². The minimum Gasteiger partial charge on any atom is -0.442 e. The number of hydrogen-bond acceptors (Lipinski definition) is 6. The van der Waals surface area contributed by atoms with Crippen LogP contribution in [0.15, 0.2) is 18.2 Å². The van der Waals surface area contributed by atoms with Crippen LogP contribution < -0.4 is 5.73 Å². The van der Waals surface area contributed by atoms with Gasteiger partial charge in [0.25, 0.3) is 11.4 Å². The molecule has 96 valence electrons. The molecule has 0 aliphatic carbocycles. The van der Waals surface area contributed by atoms with Gasteiger partial charge in [0, 0.05) is 6.07 Å². The van der Waals surface area contributed by atoms with Crippen LogP contribution >= 0.6 is 0 Å². The van der Waals surface area contributed by atoms with Gasteiger partial charge < -0.3 is 10.5 Å². The Hall–Kier alpha value is -2.71. The Labute approximate surface area is 100 Å². The number of amides is 1. The highest BCUT2D eigenvalue weighted by molar-refractivity contribution is 5.65. The summed E-state index contributed by atoms with van der Waals surface area (Å²) in [7, 11) is 0. The van der Waals surface area contributed by atoms with Crippen molar-refractivity contribution in [3.63, 3.8) is 0 Å². The van der Waals surface area contributed by atoms with E-state index in [0.29, 0.717) is 0 Å². The first-order valence-corrected chi connectivity index (χ1v) is 4.71. The Kier molecular flexibility index (Phi) is 3.77. The first kappa shape index (κ1) is 13.4. The first-order chi connectivity index (χ1) is 8.32. The molecule has 1 atom stereocenters. The van der Waals surface area contributed by atoms with Crippen LogP contribution in [-0.2, 0) is 4.74 Å². The van der Waals surface area contributed by atoms with Gasteiger partial charge in [-0.3, -0.25) is 20.2 Å². The fourth-order valence-corrected chi connectivity index (χ4v) is 1.39. The lowest BCUT2D eigenvalue weighted by molar-refractivity contribution is -0.394. The summed E-state index contributed by atoms with van der Waals surface area (Å²) in [4.78, 5) is 30.3. The third kappa shape index (κ3) is 2.90. The predicted molar refractivity (Wildman–Crippen MR) is 58.8 cm³/mol. The molecule has 0 saturated heterocycles. The Bertz CT molecular complexity index is 515. The molecule has 9 heteroatoms. The largest absolute Gasteiger partial charge is 0.442 e. The highest BCUT2D eigenvalue weighted by Crippen LogP contribution is 2.30. The number of benzene rings is 1. The number of nitrogens with two attached hydrogens (primary N) is 1. The lowest BCUT2D eigenvalue weighted by atomic mass is 10.1. The summed E-state index contributed by atoms with van der Waals surface area (Å²) in [5, 5.41) is 21.3. The van der Waals surface area contributed by atoms with E-state index in [1.165, 1.54) is 6.92 Å². The molecule has 0 aromatic heterocycles. The van der Waals surface area contributed by atoms with Crippen molar-refractivity contribution in [1.82, 2.24) is 0 Å². The van der Waals surface area contributed by atoms with Gasteiger partial charge in [-0.25, -0.2) is 4.79 Å². The number of nitro benzene ring substituents is 2. The van der Waals surface area contributed by atoms with Crippen LogP contribution in [0, 0.1) is 20.2 Å². The lowest BCUT2D eigenvalue weighted by Crippen LogP contribution is -2.16. The minimum atomic E-state index is -1.09. The molecule has 0 aliphatic heterocycles. The Morgan fingerprint density at radius 3 is 2.39 bits per heavy atom. The highest BCUT2D eigenvalue weighted by atomic mass is 16.6. The molecule has 1 unspecified atom stereocenters. The van der Waals surface area contributed by atoms with E-state index in [4.69, 9.17) is 5.73 Å². The van der Waals surface area contributed by atoms with Crippen molar-refractivity contribution < 1.29 is 19.4 Å². The second-order valence-corrected chi connectivity index (χ2v) is 3.34. The summed E-state index contributed by atoms with van der Waals surface area (Å²) in [6.45, 7) is 1.37. The molecule has 18 heavy (non-hydrogen) atoms. The van der Waals surface area contributed by atoms with Crippen molar-refractivity contribution in [1.29, 1.82) is 0 Å². The minimum absolute atomic E-state index is 0.0319. The maximum Gasteiger partial charge on any atom is 0.405 e. The molecular weight excluding hydrogens is 246 g/mol. The molecule has 0 bridgehead atoms. The number of non-ortho nitro benzene ring substituents is 1. The van der Waals surface area contributed by atoms with E-state index in [0.717, 1.165) is 18.2 Å². The molecule has 0 radical (unpaired) electrons. The van der Waals surface area contributed by atoms with Gasteiger partial charge in [-0.15, -0.1) is 0 Å². The smallest absolute Gasteiger partial charge is 0.405 e. The molecule has 0 heterocycles. The maximum absolute atomic E-state index is 10.8. The zero-order valence-electron chi connectivity index (χ0n) is 9.23. The number of rotatable bonds is 4. The standard InChI is InChI=1S/C9H9N3O6/c1-5(18-9(10)13)7-3-2-6(11(14)15)4-8(7)12(16)17/h2-5H,1H3,(H2,10,13). The van der Waals surface area contributed by atoms with Gasteiger partial charge in [0.1, 0.15) is 6.10 Å². The van der Waals surface area contributed by atoms with E-state index in [9.17, 15) is 25.0 Å². The number of carbonyl (C=O) groups is 1. The number of nitro groups is 2. The van der Waals surface area contributed by atoms with E-state index in [1.54, 1.807) is 0 Å². The molecule has 9 nitrogen and oxygen atoms in total. The molecule has 0 fully saturated rings. The van der Waals surface area contributed by atoms with Crippen LogP contribution in [0.1, 0.15) is 18.6 Å². The molecule has 0 spiro atoms.